The molecule has 1 amide bonds. The number of aryl methyl sites for hydroxylation is 1. The van der Waals surface area contributed by atoms with E-state index in [0.717, 1.165) is 26.6 Å². The summed E-state index contributed by atoms with van der Waals surface area (Å²) in [5.74, 6) is 0.755. The summed E-state index contributed by atoms with van der Waals surface area (Å²) < 4.78 is 0.868. The molecule has 2 heterocycles. The molecular formula is C24H25BrN6O. The molecule has 2 aromatic heterocycles. The number of amides is 1. The van der Waals surface area contributed by atoms with Crippen LogP contribution in [0, 0.1) is 6.92 Å². The summed E-state index contributed by atoms with van der Waals surface area (Å²) in [6, 6.07) is 10.7. The van der Waals surface area contributed by atoms with Crippen LogP contribution >= 0.6 is 15.9 Å². The number of aromatic nitrogens is 2. The van der Waals surface area contributed by atoms with Crippen LogP contribution in [0.3, 0.4) is 0 Å². The van der Waals surface area contributed by atoms with E-state index in [1.54, 1.807) is 35.5 Å². The molecule has 1 aromatic carbocycles. The minimum Gasteiger partial charge on any atom is -0.383 e. The highest BCUT2D eigenvalue weighted by Gasteiger charge is 2.26. The number of aliphatic imine (C=N–C) groups is 2. The number of allylic oxidation sites excluding steroid dienone is 1. The number of carbonyl (C=O) groups is 1. The zero-order valence-corrected chi connectivity index (χ0v) is 19.9. The Morgan fingerprint density at radius 3 is 2.75 bits per heavy atom. The summed E-state index contributed by atoms with van der Waals surface area (Å²) in [7, 11) is 0. The van der Waals surface area contributed by atoms with E-state index < -0.39 is 6.04 Å². The van der Waals surface area contributed by atoms with Gasteiger partial charge in [0, 0.05) is 27.8 Å². The van der Waals surface area contributed by atoms with Crippen LogP contribution in [0.2, 0.25) is 0 Å². The molecule has 0 saturated heterocycles. The molecule has 3 rings (SSSR count). The van der Waals surface area contributed by atoms with Crippen LogP contribution in [0.5, 0.6) is 0 Å². The molecule has 32 heavy (non-hydrogen) atoms. The summed E-state index contributed by atoms with van der Waals surface area (Å²) in [4.78, 5) is 32.6. The number of anilines is 1. The zero-order valence-electron chi connectivity index (χ0n) is 18.3. The van der Waals surface area contributed by atoms with Gasteiger partial charge in [0.1, 0.15) is 11.7 Å². The maximum atomic E-state index is 13.7. The highest BCUT2D eigenvalue weighted by molar-refractivity contribution is 9.10. The first kappa shape index (κ1) is 23.3. The van der Waals surface area contributed by atoms with E-state index in [1.165, 1.54) is 0 Å². The first-order valence-electron chi connectivity index (χ1n) is 10.1. The van der Waals surface area contributed by atoms with Crippen LogP contribution in [-0.4, -0.2) is 39.4 Å². The highest BCUT2D eigenvalue weighted by atomic mass is 79.9. The molecular weight excluding hydrogens is 468 g/mol. The summed E-state index contributed by atoms with van der Waals surface area (Å²) >= 11 is 3.40. The van der Waals surface area contributed by atoms with Gasteiger partial charge in [0.25, 0.3) is 5.91 Å². The minimum absolute atomic E-state index is 0.171. The van der Waals surface area contributed by atoms with Crippen molar-refractivity contribution < 1.29 is 4.79 Å². The van der Waals surface area contributed by atoms with E-state index >= 15 is 0 Å². The molecule has 0 saturated carbocycles. The van der Waals surface area contributed by atoms with Crippen molar-refractivity contribution in [3.8, 4) is 0 Å². The number of hydrogen-bond donors (Lipinski definition) is 1. The molecule has 1 unspecified atom stereocenters. The lowest BCUT2D eigenvalue weighted by atomic mass is 10.1. The number of hydrogen-bond acceptors (Lipinski definition) is 5. The Labute approximate surface area is 195 Å². The van der Waals surface area contributed by atoms with Crippen molar-refractivity contribution in [2.24, 2.45) is 9.98 Å². The monoisotopic (exact) mass is 492 g/mol. The molecule has 164 valence electrons. The molecule has 7 nitrogen and oxygen atoms in total. The number of rotatable bonds is 6. The predicted octanol–water partition coefficient (Wildman–Crippen LogP) is 4.95. The van der Waals surface area contributed by atoms with Gasteiger partial charge >= 0.3 is 0 Å². The Kier molecular flexibility index (Phi) is 7.48. The van der Waals surface area contributed by atoms with Crippen LogP contribution in [0.15, 0.2) is 69.3 Å². The number of fused-ring (bicyclic) bond motifs is 1. The Morgan fingerprint density at radius 1 is 1.31 bits per heavy atom. The van der Waals surface area contributed by atoms with Crippen LogP contribution < -0.4 is 5.73 Å². The number of carbonyl (C=O) groups excluding carboxylic acids is 1. The lowest BCUT2D eigenvalue weighted by molar-refractivity contribution is 0.0718. The minimum atomic E-state index is -0.427. The third-order valence-electron chi connectivity index (χ3n) is 5.03. The fourth-order valence-corrected chi connectivity index (χ4v) is 3.46. The van der Waals surface area contributed by atoms with Gasteiger partial charge < -0.3 is 10.6 Å². The SMILES string of the molecule is C=NC(=N/C=C\C)C(C)N(Cc1ccc(Br)cn1)C(=O)c1ccc2nc(N)c(C)cc2c1. The molecule has 0 aliphatic heterocycles. The van der Waals surface area contributed by atoms with Gasteiger partial charge in [-0.2, -0.15) is 0 Å². The second-order valence-electron chi connectivity index (χ2n) is 7.30. The van der Waals surface area contributed by atoms with Crippen molar-refractivity contribution >= 4 is 51.1 Å². The molecule has 0 aliphatic rings. The molecule has 0 bridgehead atoms. The van der Waals surface area contributed by atoms with Gasteiger partial charge in [0.15, 0.2) is 0 Å². The normalized spacial score (nSPS) is 12.8. The molecule has 8 heteroatoms. The summed E-state index contributed by atoms with van der Waals surface area (Å²) in [5.41, 5.74) is 8.80. The van der Waals surface area contributed by atoms with Gasteiger partial charge in [-0.05, 0) is 85.4 Å². The smallest absolute Gasteiger partial charge is 0.254 e. The molecule has 3 aromatic rings. The Morgan fingerprint density at radius 2 is 2.09 bits per heavy atom. The van der Waals surface area contributed by atoms with E-state index in [1.807, 2.05) is 45.0 Å². The summed E-state index contributed by atoms with van der Waals surface area (Å²) in [5, 5.41) is 0.849. The first-order chi connectivity index (χ1) is 15.3. The average Bonchev–Trinajstić information content (AvgIpc) is 2.79. The number of amidine groups is 1. The maximum absolute atomic E-state index is 13.7. The summed E-state index contributed by atoms with van der Waals surface area (Å²) in [6.07, 6.45) is 5.14. The molecule has 2 N–H and O–H groups in total. The largest absolute Gasteiger partial charge is 0.383 e. The fourth-order valence-electron chi connectivity index (χ4n) is 3.23. The van der Waals surface area contributed by atoms with E-state index in [4.69, 9.17) is 5.73 Å². The molecule has 0 spiro atoms. The van der Waals surface area contributed by atoms with Gasteiger partial charge in [-0.3, -0.25) is 9.78 Å². The molecule has 0 fully saturated rings. The fraction of sp³-hybridized carbons (Fsp3) is 0.208. The topological polar surface area (TPSA) is 96.8 Å². The van der Waals surface area contributed by atoms with Gasteiger partial charge in [-0.1, -0.05) is 6.08 Å². The molecule has 0 radical (unpaired) electrons. The van der Waals surface area contributed by atoms with Crippen LogP contribution in [0.25, 0.3) is 10.9 Å². The Balaban J connectivity index is 2.03. The lowest BCUT2D eigenvalue weighted by Gasteiger charge is -2.28. The van der Waals surface area contributed by atoms with Crippen LogP contribution in [0.4, 0.5) is 5.82 Å². The van der Waals surface area contributed by atoms with Gasteiger partial charge in [-0.15, -0.1) is 0 Å². The van der Waals surface area contributed by atoms with Gasteiger partial charge in [-0.25, -0.2) is 15.0 Å². The third-order valence-corrected chi connectivity index (χ3v) is 5.50. The number of nitrogens with zero attached hydrogens (tertiary/aromatic N) is 5. The number of benzene rings is 1. The molecule has 0 aliphatic carbocycles. The average molecular weight is 493 g/mol. The predicted molar refractivity (Wildman–Crippen MR) is 134 cm³/mol. The number of pyridine rings is 2. The molecule has 1 atom stereocenters. The van der Waals surface area contributed by atoms with Crippen molar-refractivity contribution in [2.75, 3.05) is 5.73 Å². The number of nitrogen functional groups attached to an aromatic ring is 1. The number of nitrogens with two attached hydrogens (primary N) is 1. The standard InChI is InChI=1S/C24H25BrN6O/c1-5-10-28-23(27-4)16(3)31(14-20-8-7-19(25)13-29-20)24(32)17-6-9-21-18(12-17)11-15(2)22(26)30-21/h5-13,16H,4,14H2,1-3H3,(H2,26,30)/b10-5-,28-23?. The zero-order chi connectivity index (χ0) is 23.3. The third kappa shape index (κ3) is 5.26. The van der Waals surface area contributed by atoms with Gasteiger partial charge in [0.05, 0.1) is 23.8 Å². The Bertz CT molecular complexity index is 1200. The first-order valence-corrected chi connectivity index (χ1v) is 10.9. The van der Waals surface area contributed by atoms with Crippen LogP contribution in [-0.2, 0) is 6.54 Å². The van der Waals surface area contributed by atoms with E-state index in [9.17, 15) is 4.79 Å². The van der Waals surface area contributed by atoms with Crippen LogP contribution in [0.1, 0.15) is 35.5 Å². The van der Waals surface area contributed by atoms with Gasteiger partial charge in [0.2, 0.25) is 0 Å². The quantitative estimate of drug-likeness (QED) is 0.388. The Hall–Kier alpha value is -3.39. The number of halogens is 1. The second kappa shape index (κ2) is 10.3. The summed E-state index contributed by atoms with van der Waals surface area (Å²) in [6.45, 7) is 9.55. The lowest BCUT2D eigenvalue weighted by Crippen LogP contribution is -2.42. The second-order valence-corrected chi connectivity index (χ2v) is 8.22. The van der Waals surface area contributed by atoms with Crippen molar-refractivity contribution in [3.05, 3.63) is 76.2 Å². The van der Waals surface area contributed by atoms with E-state index in [0.29, 0.717) is 17.2 Å². The van der Waals surface area contributed by atoms with E-state index in [-0.39, 0.29) is 12.5 Å². The van der Waals surface area contributed by atoms with Crippen molar-refractivity contribution in [3.63, 3.8) is 0 Å². The maximum Gasteiger partial charge on any atom is 0.254 e. The van der Waals surface area contributed by atoms with Crippen molar-refractivity contribution in [1.29, 1.82) is 0 Å². The van der Waals surface area contributed by atoms with E-state index in [2.05, 4.69) is 42.6 Å². The highest BCUT2D eigenvalue weighted by Crippen LogP contribution is 2.22. The van der Waals surface area contributed by atoms with Crippen molar-refractivity contribution in [2.45, 2.75) is 33.4 Å². The van der Waals surface area contributed by atoms with Crippen molar-refractivity contribution in [1.82, 2.24) is 14.9 Å².